The molecule has 0 radical (unpaired) electrons. The van der Waals surface area contributed by atoms with Crippen molar-refractivity contribution in [3.05, 3.63) is 98.7 Å². The zero-order chi connectivity index (χ0) is 24.4. The van der Waals surface area contributed by atoms with Gasteiger partial charge in [-0.2, -0.15) is 0 Å². The van der Waals surface area contributed by atoms with Crippen molar-refractivity contribution in [1.82, 2.24) is 9.47 Å². The van der Waals surface area contributed by atoms with Gasteiger partial charge in [0.15, 0.2) is 0 Å². The first-order valence-corrected chi connectivity index (χ1v) is 11.1. The molecule has 0 unspecified atom stereocenters. The van der Waals surface area contributed by atoms with Crippen LogP contribution < -0.4 is 5.56 Å². The number of rotatable bonds is 5. The van der Waals surface area contributed by atoms with Gasteiger partial charge < -0.3 is 9.74 Å². The molecule has 1 aliphatic rings. The average molecular weight is 470 g/mol. The maximum atomic E-state index is 14.8. The molecule has 4 rings (SSSR count). The molecule has 0 spiro atoms. The highest BCUT2D eigenvalue weighted by atomic mass is 19.1. The summed E-state index contributed by atoms with van der Waals surface area (Å²) in [6, 6.07) is 8.78. The molecule has 5 nitrogen and oxygen atoms in total. The maximum absolute atomic E-state index is 14.8. The van der Waals surface area contributed by atoms with Crippen LogP contribution in [0.3, 0.4) is 0 Å². The van der Waals surface area contributed by atoms with Gasteiger partial charge in [-0.1, -0.05) is 5.16 Å². The van der Waals surface area contributed by atoms with E-state index in [1.807, 2.05) is 7.05 Å². The van der Waals surface area contributed by atoms with Gasteiger partial charge in [0.1, 0.15) is 29.3 Å². The van der Waals surface area contributed by atoms with Crippen LogP contribution in [0.15, 0.2) is 58.6 Å². The van der Waals surface area contributed by atoms with Gasteiger partial charge >= 0.3 is 0 Å². The van der Waals surface area contributed by atoms with E-state index in [1.54, 1.807) is 13.8 Å². The van der Waals surface area contributed by atoms with Gasteiger partial charge in [-0.15, -0.1) is 0 Å². The summed E-state index contributed by atoms with van der Waals surface area (Å²) in [7, 11) is 2.03. The molecule has 0 N–H and O–H groups in total. The third-order valence-electron chi connectivity index (χ3n) is 6.03. The third-order valence-corrected chi connectivity index (χ3v) is 6.03. The first-order valence-electron chi connectivity index (χ1n) is 11.1. The fourth-order valence-electron chi connectivity index (χ4n) is 4.24. The van der Waals surface area contributed by atoms with Gasteiger partial charge in [-0.3, -0.25) is 9.36 Å². The molecule has 2 aromatic carbocycles. The van der Waals surface area contributed by atoms with Gasteiger partial charge in [0.2, 0.25) is 0 Å². The zero-order valence-corrected chi connectivity index (χ0v) is 19.3. The molecule has 0 saturated carbocycles. The highest BCUT2D eigenvalue weighted by Crippen LogP contribution is 2.22. The molecule has 0 atom stereocenters. The monoisotopic (exact) mass is 469 g/mol. The Morgan fingerprint density at radius 2 is 1.65 bits per heavy atom. The Hall–Kier alpha value is -3.39. The molecule has 34 heavy (non-hydrogen) atoms. The molecule has 0 bridgehead atoms. The van der Waals surface area contributed by atoms with Crippen molar-refractivity contribution in [2.75, 3.05) is 20.1 Å². The first-order chi connectivity index (χ1) is 16.2. The van der Waals surface area contributed by atoms with Crippen LogP contribution in [0.4, 0.5) is 13.2 Å². The van der Waals surface area contributed by atoms with E-state index in [0.717, 1.165) is 38.1 Å². The van der Waals surface area contributed by atoms with Crippen LogP contribution in [0.1, 0.15) is 35.1 Å². The maximum Gasteiger partial charge on any atom is 0.255 e. The van der Waals surface area contributed by atoms with Crippen molar-refractivity contribution in [2.24, 2.45) is 5.16 Å². The molecule has 1 fully saturated rings. The average Bonchev–Trinajstić information content (AvgIpc) is 2.77. The summed E-state index contributed by atoms with van der Waals surface area (Å²) >= 11 is 0. The number of hydrogen-bond acceptors (Lipinski definition) is 4. The standard InChI is InChI=1S/C26H26F3N3O2/c1-16-12-20(28)13-17(2)26(16)32-15-18(4-7-24(32)33)25(22-6-5-19(27)14-23(22)29)30-34-21-8-10-31(3)11-9-21/h4-7,12-15,21H,8-11H2,1-3H3/b30-25-. The van der Waals surface area contributed by atoms with Crippen molar-refractivity contribution in [1.29, 1.82) is 0 Å². The van der Waals surface area contributed by atoms with E-state index in [9.17, 15) is 18.0 Å². The smallest absolute Gasteiger partial charge is 0.255 e. The quantitative estimate of drug-likeness (QED) is 0.401. The Labute approximate surface area is 196 Å². The number of halogens is 3. The molecule has 178 valence electrons. The Kier molecular flexibility index (Phi) is 6.88. The molecular weight excluding hydrogens is 443 g/mol. The normalized spacial score (nSPS) is 15.5. The largest absolute Gasteiger partial charge is 0.392 e. The summed E-state index contributed by atoms with van der Waals surface area (Å²) in [5.74, 6) is -1.90. The Balaban J connectivity index is 1.81. The predicted molar refractivity (Wildman–Crippen MR) is 125 cm³/mol. The van der Waals surface area contributed by atoms with Gasteiger partial charge in [0.25, 0.3) is 5.56 Å². The Bertz CT molecular complexity index is 1270. The van der Waals surface area contributed by atoms with E-state index < -0.39 is 17.5 Å². The van der Waals surface area contributed by atoms with Crippen LogP contribution in [0, 0.1) is 31.3 Å². The van der Waals surface area contributed by atoms with Crippen LogP contribution >= 0.6 is 0 Å². The number of oxime groups is 1. The lowest BCUT2D eigenvalue weighted by Gasteiger charge is -2.27. The summed E-state index contributed by atoms with van der Waals surface area (Å²) in [6.45, 7) is 5.13. The van der Waals surface area contributed by atoms with Crippen molar-refractivity contribution in [2.45, 2.75) is 32.8 Å². The number of piperidine rings is 1. The summed E-state index contributed by atoms with van der Waals surface area (Å²) in [5.41, 5.74) is 1.94. The minimum atomic E-state index is -0.794. The lowest BCUT2D eigenvalue weighted by molar-refractivity contribution is 0.0163. The van der Waals surface area contributed by atoms with Crippen molar-refractivity contribution in [3.8, 4) is 5.69 Å². The van der Waals surface area contributed by atoms with Crippen molar-refractivity contribution in [3.63, 3.8) is 0 Å². The van der Waals surface area contributed by atoms with E-state index in [-0.39, 0.29) is 22.9 Å². The van der Waals surface area contributed by atoms with Crippen molar-refractivity contribution >= 4 is 5.71 Å². The molecule has 1 aliphatic heterocycles. The van der Waals surface area contributed by atoms with Crippen LogP contribution in [0.2, 0.25) is 0 Å². The second kappa shape index (κ2) is 9.85. The lowest BCUT2D eigenvalue weighted by atomic mass is 10.0. The van der Waals surface area contributed by atoms with E-state index in [0.29, 0.717) is 22.4 Å². The molecular formula is C26H26F3N3O2. The fraction of sp³-hybridized carbons (Fsp3) is 0.308. The Morgan fingerprint density at radius 1 is 0.971 bits per heavy atom. The van der Waals surface area contributed by atoms with Crippen LogP contribution in [-0.4, -0.2) is 41.4 Å². The SMILES string of the molecule is Cc1cc(F)cc(C)c1-n1cc(/C(=N/OC2CCN(C)CC2)c2ccc(F)cc2F)ccc1=O. The highest BCUT2D eigenvalue weighted by molar-refractivity contribution is 6.12. The highest BCUT2D eigenvalue weighted by Gasteiger charge is 2.21. The minimum absolute atomic E-state index is 0.0482. The summed E-state index contributed by atoms with van der Waals surface area (Å²) in [4.78, 5) is 20.7. The molecule has 0 amide bonds. The first kappa shape index (κ1) is 23.8. The number of hydrogen-bond donors (Lipinski definition) is 0. The van der Waals surface area contributed by atoms with Gasteiger partial charge in [-0.25, -0.2) is 13.2 Å². The summed E-state index contributed by atoms with van der Waals surface area (Å²) < 4.78 is 43.6. The molecule has 1 aromatic heterocycles. The number of pyridine rings is 1. The second-order valence-electron chi connectivity index (χ2n) is 8.69. The molecule has 2 heterocycles. The molecule has 8 heteroatoms. The second-order valence-corrected chi connectivity index (χ2v) is 8.69. The van der Waals surface area contributed by atoms with Crippen LogP contribution in [-0.2, 0) is 4.84 Å². The zero-order valence-electron chi connectivity index (χ0n) is 19.3. The molecule has 1 saturated heterocycles. The van der Waals surface area contributed by atoms with Crippen LogP contribution in [0.25, 0.3) is 5.69 Å². The van der Waals surface area contributed by atoms with Crippen molar-refractivity contribution < 1.29 is 18.0 Å². The van der Waals surface area contributed by atoms with E-state index in [4.69, 9.17) is 4.84 Å². The van der Waals surface area contributed by atoms with E-state index in [2.05, 4.69) is 10.1 Å². The van der Waals surface area contributed by atoms with Crippen LogP contribution in [0.5, 0.6) is 0 Å². The summed E-state index contributed by atoms with van der Waals surface area (Å²) in [6.07, 6.45) is 2.93. The minimum Gasteiger partial charge on any atom is -0.392 e. The predicted octanol–water partition coefficient (Wildman–Crippen LogP) is 4.73. The topological polar surface area (TPSA) is 46.8 Å². The van der Waals surface area contributed by atoms with E-state index in [1.165, 1.54) is 41.1 Å². The van der Waals surface area contributed by atoms with Gasteiger partial charge in [0, 0.05) is 42.5 Å². The number of aryl methyl sites for hydroxylation is 2. The molecule has 3 aromatic rings. The summed E-state index contributed by atoms with van der Waals surface area (Å²) in [5, 5.41) is 4.29. The van der Waals surface area contributed by atoms with Gasteiger partial charge in [-0.05, 0) is 75.2 Å². The number of nitrogens with zero attached hydrogens (tertiary/aromatic N) is 3. The number of benzene rings is 2. The van der Waals surface area contributed by atoms with E-state index >= 15 is 0 Å². The Morgan fingerprint density at radius 3 is 2.29 bits per heavy atom. The third kappa shape index (κ3) is 5.07. The lowest BCUT2D eigenvalue weighted by Crippen LogP contribution is -2.33. The number of likely N-dealkylation sites (tertiary alicyclic amines) is 1. The number of aromatic nitrogens is 1. The van der Waals surface area contributed by atoms with Gasteiger partial charge in [0.05, 0.1) is 5.69 Å². The molecule has 0 aliphatic carbocycles. The fourth-order valence-corrected chi connectivity index (χ4v) is 4.24.